The highest BCUT2D eigenvalue weighted by molar-refractivity contribution is 4.81. The van der Waals surface area contributed by atoms with E-state index < -0.39 is 12.7 Å². The van der Waals surface area contributed by atoms with E-state index in [-0.39, 0.29) is 0 Å². The van der Waals surface area contributed by atoms with Gasteiger partial charge in [-0.25, -0.2) is 0 Å². The summed E-state index contributed by atoms with van der Waals surface area (Å²) in [6, 6.07) is 2.06. The van der Waals surface area contributed by atoms with Crippen LogP contribution in [0, 0.1) is 17.2 Å². The zero-order chi connectivity index (χ0) is 10.6. The Balaban J connectivity index is 2.26. The monoisotopic (exact) mass is 206 g/mol. The van der Waals surface area contributed by atoms with E-state index in [1.54, 1.807) is 0 Å². The van der Waals surface area contributed by atoms with Gasteiger partial charge in [0.25, 0.3) is 0 Å². The van der Waals surface area contributed by atoms with Crippen molar-refractivity contribution in [2.75, 3.05) is 19.6 Å². The molecule has 0 aromatic carbocycles. The van der Waals surface area contributed by atoms with Crippen molar-refractivity contribution in [2.45, 2.75) is 25.4 Å². The number of alkyl halides is 3. The van der Waals surface area contributed by atoms with E-state index in [2.05, 4.69) is 6.07 Å². The lowest BCUT2D eigenvalue weighted by Gasteiger charge is -2.31. The van der Waals surface area contributed by atoms with Gasteiger partial charge in [0.15, 0.2) is 0 Å². The van der Waals surface area contributed by atoms with Gasteiger partial charge in [-0.1, -0.05) is 0 Å². The van der Waals surface area contributed by atoms with Crippen molar-refractivity contribution in [2.24, 2.45) is 5.92 Å². The van der Waals surface area contributed by atoms with Crippen LogP contribution in [0.4, 0.5) is 13.2 Å². The second kappa shape index (κ2) is 4.65. The molecule has 1 rings (SSSR count). The van der Waals surface area contributed by atoms with E-state index in [0.29, 0.717) is 38.3 Å². The summed E-state index contributed by atoms with van der Waals surface area (Å²) in [5, 5.41) is 8.43. The molecule has 1 aliphatic heterocycles. The first-order valence-electron chi connectivity index (χ1n) is 4.67. The number of nitriles is 1. The van der Waals surface area contributed by atoms with Crippen LogP contribution in [0.15, 0.2) is 0 Å². The minimum absolute atomic E-state index is 0.296. The van der Waals surface area contributed by atoms with Crippen LogP contribution in [0.1, 0.15) is 19.3 Å². The molecule has 0 spiro atoms. The maximum Gasteiger partial charge on any atom is 0.401 e. The minimum atomic E-state index is -4.10. The summed E-state index contributed by atoms with van der Waals surface area (Å²) in [5.74, 6) is 0.296. The van der Waals surface area contributed by atoms with Crippen LogP contribution in [0.25, 0.3) is 0 Å². The normalized spacial score (nSPS) is 20.7. The van der Waals surface area contributed by atoms with Crippen molar-refractivity contribution in [1.29, 1.82) is 5.26 Å². The smallest absolute Gasteiger partial charge is 0.295 e. The highest BCUT2D eigenvalue weighted by Gasteiger charge is 2.32. The molecule has 1 saturated heterocycles. The van der Waals surface area contributed by atoms with Gasteiger partial charge in [-0.2, -0.15) is 18.4 Å². The fraction of sp³-hybridized carbons (Fsp3) is 0.889. The number of nitrogens with zero attached hydrogens (tertiary/aromatic N) is 2. The lowest BCUT2D eigenvalue weighted by Crippen LogP contribution is -2.39. The summed E-state index contributed by atoms with van der Waals surface area (Å²) in [6.45, 7) is 0.115. The van der Waals surface area contributed by atoms with Gasteiger partial charge in [0.05, 0.1) is 12.6 Å². The molecule has 1 heterocycles. The molecule has 0 radical (unpaired) electrons. The summed E-state index contributed by atoms with van der Waals surface area (Å²) < 4.78 is 36.0. The lowest BCUT2D eigenvalue weighted by atomic mass is 9.94. The fourth-order valence-corrected chi connectivity index (χ4v) is 1.73. The van der Waals surface area contributed by atoms with Gasteiger partial charge in [0.2, 0.25) is 0 Å². The molecule has 1 aliphatic rings. The van der Waals surface area contributed by atoms with Gasteiger partial charge in [0.1, 0.15) is 0 Å². The Labute approximate surface area is 81.3 Å². The summed E-state index contributed by atoms with van der Waals surface area (Å²) in [7, 11) is 0. The zero-order valence-electron chi connectivity index (χ0n) is 7.85. The third kappa shape index (κ3) is 3.97. The summed E-state index contributed by atoms with van der Waals surface area (Å²) in [6.07, 6.45) is -2.20. The average Bonchev–Trinajstić information content (AvgIpc) is 2.06. The predicted molar refractivity (Wildman–Crippen MR) is 45.4 cm³/mol. The van der Waals surface area contributed by atoms with Gasteiger partial charge < -0.3 is 0 Å². The van der Waals surface area contributed by atoms with Crippen molar-refractivity contribution in [3.8, 4) is 6.07 Å². The van der Waals surface area contributed by atoms with Gasteiger partial charge in [-0.05, 0) is 31.8 Å². The Morgan fingerprint density at radius 1 is 1.29 bits per heavy atom. The van der Waals surface area contributed by atoms with Crippen LogP contribution >= 0.6 is 0 Å². The molecule has 0 atom stereocenters. The summed E-state index contributed by atoms with van der Waals surface area (Å²) >= 11 is 0. The molecule has 14 heavy (non-hydrogen) atoms. The van der Waals surface area contributed by atoms with Crippen LogP contribution in [-0.4, -0.2) is 30.7 Å². The van der Waals surface area contributed by atoms with E-state index in [4.69, 9.17) is 5.26 Å². The van der Waals surface area contributed by atoms with Crippen LogP contribution in [0.5, 0.6) is 0 Å². The predicted octanol–water partition coefficient (Wildman–Crippen LogP) is 2.17. The Bertz CT molecular complexity index is 211. The molecular weight excluding hydrogens is 193 g/mol. The van der Waals surface area contributed by atoms with Crippen molar-refractivity contribution >= 4 is 0 Å². The van der Waals surface area contributed by atoms with Gasteiger partial charge in [-0.15, -0.1) is 0 Å². The Kier molecular flexibility index (Phi) is 3.76. The van der Waals surface area contributed by atoms with Crippen LogP contribution in [-0.2, 0) is 0 Å². The molecule has 0 unspecified atom stereocenters. The standard InChI is InChI=1S/C9H13F3N2/c10-9(11,12)7-14-5-2-8(1-4-13)3-6-14/h8H,1-3,5-7H2. The van der Waals surface area contributed by atoms with E-state index in [1.807, 2.05) is 0 Å². The molecule has 0 saturated carbocycles. The van der Waals surface area contributed by atoms with E-state index in [9.17, 15) is 13.2 Å². The van der Waals surface area contributed by atoms with E-state index in [1.165, 1.54) is 4.90 Å². The Morgan fingerprint density at radius 2 is 1.86 bits per heavy atom. The third-order valence-corrected chi connectivity index (χ3v) is 2.49. The summed E-state index contributed by atoms with van der Waals surface area (Å²) in [5.41, 5.74) is 0. The first-order valence-corrected chi connectivity index (χ1v) is 4.67. The number of halogens is 3. The van der Waals surface area contributed by atoms with Crippen molar-refractivity contribution < 1.29 is 13.2 Å². The fourth-order valence-electron chi connectivity index (χ4n) is 1.73. The molecular formula is C9H13F3N2. The molecule has 2 nitrogen and oxygen atoms in total. The SMILES string of the molecule is N#CCC1CCN(CC(F)(F)F)CC1. The number of piperidine rings is 1. The molecule has 0 aliphatic carbocycles. The molecule has 1 fully saturated rings. The van der Waals surface area contributed by atoms with E-state index >= 15 is 0 Å². The van der Waals surface area contributed by atoms with Crippen molar-refractivity contribution in [3.63, 3.8) is 0 Å². The molecule has 0 aromatic heterocycles. The number of hydrogen-bond donors (Lipinski definition) is 0. The highest BCUT2D eigenvalue weighted by atomic mass is 19.4. The quantitative estimate of drug-likeness (QED) is 0.692. The number of hydrogen-bond acceptors (Lipinski definition) is 2. The minimum Gasteiger partial charge on any atom is -0.295 e. The van der Waals surface area contributed by atoms with Crippen molar-refractivity contribution in [1.82, 2.24) is 4.90 Å². The zero-order valence-corrected chi connectivity index (χ0v) is 7.85. The topological polar surface area (TPSA) is 27.0 Å². The first-order chi connectivity index (χ1) is 6.51. The average molecular weight is 206 g/mol. The summed E-state index contributed by atoms with van der Waals surface area (Å²) in [4.78, 5) is 1.41. The molecule has 5 heteroatoms. The van der Waals surface area contributed by atoms with E-state index in [0.717, 1.165) is 0 Å². The Hall–Kier alpha value is -0.760. The lowest BCUT2D eigenvalue weighted by molar-refractivity contribution is -0.148. The van der Waals surface area contributed by atoms with Crippen LogP contribution in [0.3, 0.4) is 0 Å². The molecule has 80 valence electrons. The van der Waals surface area contributed by atoms with Gasteiger partial charge in [-0.3, -0.25) is 4.90 Å². The molecule has 0 N–H and O–H groups in total. The van der Waals surface area contributed by atoms with Gasteiger partial charge >= 0.3 is 6.18 Å². The molecule has 0 amide bonds. The highest BCUT2D eigenvalue weighted by Crippen LogP contribution is 2.23. The van der Waals surface area contributed by atoms with Crippen LogP contribution in [0.2, 0.25) is 0 Å². The number of rotatable bonds is 2. The third-order valence-electron chi connectivity index (χ3n) is 2.49. The maximum absolute atomic E-state index is 12.0. The molecule has 0 aromatic rings. The van der Waals surface area contributed by atoms with Gasteiger partial charge in [0, 0.05) is 6.42 Å². The second-order valence-corrected chi connectivity index (χ2v) is 3.70. The first kappa shape index (κ1) is 11.3. The molecule has 0 bridgehead atoms. The second-order valence-electron chi connectivity index (χ2n) is 3.70. The van der Waals surface area contributed by atoms with Crippen molar-refractivity contribution in [3.05, 3.63) is 0 Å². The number of likely N-dealkylation sites (tertiary alicyclic amines) is 1. The maximum atomic E-state index is 12.0. The van der Waals surface area contributed by atoms with Crippen LogP contribution < -0.4 is 0 Å². The largest absolute Gasteiger partial charge is 0.401 e. The Morgan fingerprint density at radius 3 is 2.29 bits per heavy atom.